The Kier molecular flexibility index (Phi) is 4.10. The van der Waals surface area contributed by atoms with Crippen molar-refractivity contribution in [3.63, 3.8) is 0 Å². The van der Waals surface area contributed by atoms with Crippen LogP contribution in [0.4, 0.5) is 4.39 Å². The van der Waals surface area contributed by atoms with Crippen molar-refractivity contribution < 1.29 is 14.0 Å². The van der Waals surface area contributed by atoms with Gasteiger partial charge in [-0.3, -0.25) is 14.5 Å². The molecule has 1 aromatic rings. The van der Waals surface area contributed by atoms with Gasteiger partial charge >= 0.3 is 0 Å². The third-order valence-corrected chi connectivity index (χ3v) is 4.96. The zero-order valence-corrected chi connectivity index (χ0v) is 13.8. The Hall–Kier alpha value is -1.95. The lowest BCUT2D eigenvalue weighted by Crippen LogP contribution is -2.68. The second-order valence-corrected chi connectivity index (χ2v) is 6.49. The van der Waals surface area contributed by atoms with Gasteiger partial charge in [0.15, 0.2) is 0 Å². The van der Waals surface area contributed by atoms with Crippen LogP contribution in [0, 0.1) is 12.7 Å². The SMILES string of the molecule is Cc1ccc(CN2CCN3C(=O)[C@H](C)N(C)C(=O)[C@H]3C2)cc1F. The maximum Gasteiger partial charge on any atom is 0.247 e. The van der Waals surface area contributed by atoms with Gasteiger partial charge in [-0.05, 0) is 31.0 Å². The summed E-state index contributed by atoms with van der Waals surface area (Å²) in [5, 5.41) is 0. The lowest BCUT2D eigenvalue weighted by atomic mass is 10.0. The zero-order valence-electron chi connectivity index (χ0n) is 13.8. The quantitative estimate of drug-likeness (QED) is 0.817. The number of rotatable bonds is 2. The van der Waals surface area contributed by atoms with Gasteiger partial charge in [-0.2, -0.15) is 0 Å². The number of halogens is 1. The van der Waals surface area contributed by atoms with Crippen LogP contribution < -0.4 is 0 Å². The highest BCUT2D eigenvalue weighted by atomic mass is 19.1. The third kappa shape index (κ3) is 2.83. The van der Waals surface area contributed by atoms with Gasteiger partial charge in [0.1, 0.15) is 17.9 Å². The number of aryl methyl sites for hydroxylation is 1. The third-order valence-electron chi connectivity index (χ3n) is 4.96. The molecule has 0 saturated carbocycles. The van der Waals surface area contributed by atoms with E-state index in [2.05, 4.69) is 4.90 Å². The largest absolute Gasteiger partial charge is 0.332 e. The molecule has 0 N–H and O–H groups in total. The molecule has 6 heteroatoms. The van der Waals surface area contributed by atoms with E-state index < -0.39 is 12.1 Å². The summed E-state index contributed by atoms with van der Waals surface area (Å²) in [5.41, 5.74) is 1.51. The Morgan fingerprint density at radius 1 is 1.22 bits per heavy atom. The van der Waals surface area contributed by atoms with E-state index in [1.54, 1.807) is 37.9 Å². The Bertz CT molecular complexity index is 649. The van der Waals surface area contributed by atoms with Crippen molar-refractivity contribution in [2.45, 2.75) is 32.5 Å². The summed E-state index contributed by atoms with van der Waals surface area (Å²) in [6.45, 7) is 5.82. The van der Waals surface area contributed by atoms with E-state index in [1.807, 2.05) is 6.07 Å². The molecule has 2 saturated heterocycles. The molecule has 5 nitrogen and oxygen atoms in total. The summed E-state index contributed by atoms with van der Waals surface area (Å²) < 4.78 is 13.7. The lowest BCUT2D eigenvalue weighted by molar-refractivity contribution is -0.163. The van der Waals surface area contributed by atoms with E-state index in [-0.39, 0.29) is 17.6 Å². The van der Waals surface area contributed by atoms with Crippen molar-refractivity contribution >= 4 is 11.8 Å². The van der Waals surface area contributed by atoms with E-state index >= 15 is 0 Å². The molecule has 2 fully saturated rings. The number of nitrogens with zero attached hydrogens (tertiary/aromatic N) is 3. The average Bonchev–Trinajstić information content (AvgIpc) is 2.54. The number of carbonyl (C=O) groups excluding carboxylic acids is 2. The molecule has 124 valence electrons. The standard InChI is InChI=1S/C17H22FN3O2/c1-11-4-5-13(8-14(11)18)9-20-6-7-21-15(10-20)17(23)19(3)12(2)16(21)22/h4-5,8,12,15H,6-7,9-10H2,1-3H3/t12-,15+/m0/s1. The molecule has 0 radical (unpaired) electrons. The smallest absolute Gasteiger partial charge is 0.247 e. The Balaban J connectivity index is 1.72. The number of piperazine rings is 2. The van der Waals surface area contributed by atoms with Crippen molar-refractivity contribution in [1.82, 2.24) is 14.7 Å². The Morgan fingerprint density at radius 2 is 1.96 bits per heavy atom. The highest BCUT2D eigenvalue weighted by molar-refractivity contribution is 5.96. The molecule has 3 rings (SSSR count). The van der Waals surface area contributed by atoms with Crippen LogP contribution in [0.25, 0.3) is 0 Å². The first-order chi connectivity index (χ1) is 10.9. The number of carbonyl (C=O) groups is 2. The number of benzene rings is 1. The van der Waals surface area contributed by atoms with E-state index in [9.17, 15) is 14.0 Å². The first kappa shape index (κ1) is 15.9. The predicted molar refractivity (Wildman–Crippen MR) is 84.1 cm³/mol. The summed E-state index contributed by atoms with van der Waals surface area (Å²) in [6, 6.07) is 4.41. The number of likely N-dealkylation sites (N-methyl/N-ethyl adjacent to an activating group) is 1. The van der Waals surface area contributed by atoms with Gasteiger partial charge in [-0.25, -0.2) is 4.39 Å². The minimum Gasteiger partial charge on any atom is -0.332 e. The topological polar surface area (TPSA) is 43.9 Å². The van der Waals surface area contributed by atoms with Gasteiger partial charge in [0.25, 0.3) is 0 Å². The maximum atomic E-state index is 13.7. The summed E-state index contributed by atoms with van der Waals surface area (Å²) in [5.74, 6) is -0.214. The minimum atomic E-state index is -0.423. The van der Waals surface area contributed by atoms with Gasteiger partial charge < -0.3 is 9.80 Å². The fourth-order valence-electron chi connectivity index (χ4n) is 3.28. The molecule has 0 spiro atoms. The molecule has 2 aliphatic rings. The highest BCUT2D eigenvalue weighted by Crippen LogP contribution is 2.22. The van der Waals surface area contributed by atoms with Crippen LogP contribution in [-0.4, -0.2) is 65.3 Å². The fourth-order valence-corrected chi connectivity index (χ4v) is 3.28. The molecule has 1 aromatic carbocycles. The molecular formula is C17H22FN3O2. The summed E-state index contributed by atoms with van der Waals surface area (Å²) in [7, 11) is 1.68. The highest BCUT2D eigenvalue weighted by Gasteiger charge is 2.44. The molecule has 2 atom stereocenters. The molecule has 0 bridgehead atoms. The molecular weight excluding hydrogens is 297 g/mol. The lowest BCUT2D eigenvalue weighted by Gasteiger charge is -2.47. The molecule has 0 unspecified atom stereocenters. The van der Waals surface area contributed by atoms with Gasteiger partial charge in [-0.15, -0.1) is 0 Å². The van der Waals surface area contributed by atoms with Crippen LogP contribution in [0.5, 0.6) is 0 Å². The summed E-state index contributed by atoms with van der Waals surface area (Å²) in [4.78, 5) is 30.1. The Labute approximate surface area is 135 Å². The molecule has 2 aliphatic heterocycles. The average molecular weight is 319 g/mol. The maximum absolute atomic E-state index is 13.7. The fraction of sp³-hybridized carbons (Fsp3) is 0.529. The number of amides is 2. The molecule has 0 aromatic heterocycles. The predicted octanol–water partition coefficient (Wildman–Crippen LogP) is 1.01. The van der Waals surface area contributed by atoms with Crippen molar-refractivity contribution in [1.29, 1.82) is 0 Å². The van der Waals surface area contributed by atoms with Crippen LogP contribution in [-0.2, 0) is 16.1 Å². The van der Waals surface area contributed by atoms with Crippen LogP contribution in [0.2, 0.25) is 0 Å². The van der Waals surface area contributed by atoms with Crippen LogP contribution in [0.3, 0.4) is 0 Å². The normalized spacial score (nSPS) is 25.7. The van der Waals surface area contributed by atoms with Gasteiger partial charge in [0, 0.05) is 33.2 Å². The summed E-state index contributed by atoms with van der Waals surface area (Å²) >= 11 is 0. The molecule has 23 heavy (non-hydrogen) atoms. The number of hydrogen-bond acceptors (Lipinski definition) is 3. The number of fused-ring (bicyclic) bond motifs is 1. The van der Waals surface area contributed by atoms with Crippen LogP contribution in [0.1, 0.15) is 18.1 Å². The van der Waals surface area contributed by atoms with E-state index in [4.69, 9.17) is 0 Å². The van der Waals surface area contributed by atoms with Crippen molar-refractivity contribution in [3.8, 4) is 0 Å². The van der Waals surface area contributed by atoms with Gasteiger partial charge in [0.2, 0.25) is 11.8 Å². The summed E-state index contributed by atoms with van der Waals surface area (Å²) in [6.07, 6.45) is 0. The van der Waals surface area contributed by atoms with Crippen LogP contribution in [0.15, 0.2) is 18.2 Å². The van der Waals surface area contributed by atoms with Crippen LogP contribution >= 0.6 is 0 Å². The van der Waals surface area contributed by atoms with E-state index in [1.165, 1.54) is 4.90 Å². The van der Waals surface area contributed by atoms with Crippen molar-refractivity contribution in [2.24, 2.45) is 0 Å². The van der Waals surface area contributed by atoms with Gasteiger partial charge in [-0.1, -0.05) is 12.1 Å². The second-order valence-electron chi connectivity index (χ2n) is 6.49. The minimum absolute atomic E-state index is 0.0122. The monoisotopic (exact) mass is 319 g/mol. The number of hydrogen-bond donors (Lipinski definition) is 0. The zero-order chi connectivity index (χ0) is 16.7. The Morgan fingerprint density at radius 3 is 2.65 bits per heavy atom. The van der Waals surface area contributed by atoms with Crippen molar-refractivity contribution in [3.05, 3.63) is 35.1 Å². The second kappa shape index (κ2) is 5.92. The van der Waals surface area contributed by atoms with Gasteiger partial charge in [0.05, 0.1) is 0 Å². The molecule has 2 heterocycles. The molecule has 0 aliphatic carbocycles. The van der Waals surface area contributed by atoms with E-state index in [0.29, 0.717) is 31.7 Å². The first-order valence-electron chi connectivity index (χ1n) is 7.93. The molecule has 2 amide bonds. The van der Waals surface area contributed by atoms with Crippen molar-refractivity contribution in [2.75, 3.05) is 26.7 Å². The van der Waals surface area contributed by atoms with E-state index in [0.717, 1.165) is 5.56 Å². The first-order valence-corrected chi connectivity index (χ1v) is 7.93.